The van der Waals surface area contributed by atoms with E-state index >= 15 is 0 Å². The number of benzene rings is 2. The number of halogens is 1. The lowest BCUT2D eigenvalue weighted by molar-refractivity contribution is -0.117. The Kier molecular flexibility index (Phi) is 5.32. The van der Waals surface area contributed by atoms with Crippen molar-refractivity contribution in [3.05, 3.63) is 63.0 Å². The summed E-state index contributed by atoms with van der Waals surface area (Å²) in [5.41, 5.74) is 0.242. The molecule has 9 heteroatoms. The van der Waals surface area contributed by atoms with Gasteiger partial charge in [0.1, 0.15) is 12.3 Å². The van der Waals surface area contributed by atoms with Crippen LogP contribution in [0.25, 0.3) is 10.8 Å². The first-order valence-electron chi connectivity index (χ1n) is 8.19. The minimum Gasteiger partial charge on any atom is -0.495 e. The van der Waals surface area contributed by atoms with Crippen LogP contribution in [-0.4, -0.2) is 33.9 Å². The third-order valence-electron chi connectivity index (χ3n) is 4.12. The van der Waals surface area contributed by atoms with Crippen LogP contribution in [0.3, 0.4) is 0 Å². The maximum atomic E-state index is 12.6. The van der Waals surface area contributed by atoms with Gasteiger partial charge in [0.05, 0.1) is 18.2 Å². The quantitative estimate of drug-likeness (QED) is 0.680. The van der Waals surface area contributed by atoms with Gasteiger partial charge in [-0.05, 0) is 24.6 Å². The number of hydrogen-bond acceptors (Lipinski definition) is 5. The number of aryl methyl sites for hydroxylation is 1. The summed E-state index contributed by atoms with van der Waals surface area (Å²) < 4.78 is 6.03. The van der Waals surface area contributed by atoms with Gasteiger partial charge < -0.3 is 15.2 Å². The molecule has 144 valence electrons. The summed E-state index contributed by atoms with van der Waals surface area (Å²) in [6.45, 7) is 1.31. The Bertz CT molecular complexity index is 1160. The fourth-order valence-electron chi connectivity index (χ4n) is 2.76. The van der Waals surface area contributed by atoms with Crippen molar-refractivity contribution in [2.45, 2.75) is 13.5 Å². The summed E-state index contributed by atoms with van der Waals surface area (Å²) >= 11 is 6.05. The maximum absolute atomic E-state index is 12.6. The number of nitrogens with zero attached hydrogens (tertiary/aromatic N) is 2. The molecule has 0 aliphatic carbocycles. The fourth-order valence-corrected chi connectivity index (χ4v) is 2.91. The lowest BCUT2D eigenvalue weighted by atomic mass is 10.1. The zero-order valence-electron chi connectivity index (χ0n) is 15.0. The summed E-state index contributed by atoms with van der Waals surface area (Å²) in [6.07, 6.45) is 0. The van der Waals surface area contributed by atoms with Crippen molar-refractivity contribution in [3.63, 3.8) is 0 Å². The minimum absolute atomic E-state index is 0.169. The first-order valence-corrected chi connectivity index (χ1v) is 8.56. The van der Waals surface area contributed by atoms with Crippen molar-refractivity contribution in [1.29, 1.82) is 0 Å². The van der Waals surface area contributed by atoms with Gasteiger partial charge >= 0.3 is 5.97 Å². The second-order valence-corrected chi connectivity index (χ2v) is 6.42. The summed E-state index contributed by atoms with van der Waals surface area (Å²) in [4.78, 5) is 36.6. The van der Waals surface area contributed by atoms with Gasteiger partial charge in [0.15, 0.2) is 5.69 Å². The smallest absolute Gasteiger partial charge is 0.357 e. The zero-order chi connectivity index (χ0) is 20.4. The molecular weight excluding hydrogens is 386 g/mol. The van der Waals surface area contributed by atoms with Crippen molar-refractivity contribution in [2.75, 3.05) is 12.4 Å². The van der Waals surface area contributed by atoms with Gasteiger partial charge in [0.2, 0.25) is 5.91 Å². The number of carboxylic acid groups (broad SMARTS) is 1. The number of aromatic nitrogens is 2. The predicted octanol–water partition coefficient (Wildman–Crippen LogP) is 2.70. The van der Waals surface area contributed by atoms with Crippen LogP contribution < -0.4 is 15.6 Å². The molecule has 0 unspecified atom stereocenters. The molecule has 1 amide bonds. The van der Waals surface area contributed by atoms with Crippen molar-refractivity contribution in [1.82, 2.24) is 9.78 Å². The highest BCUT2D eigenvalue weighted by Crippen LogP contribution is 2.30. The predicted molar refractivity (Wildman–Crippen MR) is 104 cm³/mol. The Labute approximate surface area is 164 Å². The summed E-state index contributed by atoms with van der Waals surface area (Å²) in [6, 6.07) is 9.42. The van der Waals surface area contributed by atoms with Gasteiger partial charge in [-0.2, -0.15) is 5.10 Å². The van der Waals surface area contributed by atoms with Crippen LogP contribution >= 0.6 is 11.6 Å². The van der Waals surface area contributed by atoms with Crippen LogP contribution in [0.1, 0.15) is 16.1 Å². The monoisotopic (exact) mass is 401 g/mol. The molecule has 0 aliphatic rings. The van der Waals surface area contributed by atoms with Crippen molar-refractivity contribution in [3.8, 4) is 5.75 Å². The van der Waals surface area contributed by atoms with Crippen molar-refractivity contribution in [2.24, 2.45) is 0 Å². The molecule has 1 heterocycles. The Morgan fingerprint density at radius 2 is 1.93 bits per heavy atom. The first-order chi connectivity index (χ1) is 13.3. The highest BCUT2D eigenvalue weighted by Gasteiger charge is 2.18. The van der Waals surface area contributed by atoms with E-state index in [-0.39, 0.29) is 16.5 Å². The van der Waals surface area contributed by atoms with Crippen molar-refractivity contribution >= 4 is 39.9 Å². The molecule has 2 N–H and O–H groups in total. The Balaban J connectivity index is 1.96. The van der Waals surface area contributed by atoms with Gasteiger partial charge in [-0.15, -0.1) is 0 Å². The van der Waals surface area contributed by atoms with E-state index in [4.69, 9.17) is 16.3 Å². The number of carbonyl (C=O) groups is 2. The molecule has 0 aliphatic heterocycles. The number of fused-ring (bicyclic) bond motifs is 1. The van der Waals surface area contributed by atoms with Gasteiger partial charge in [-0.25, -0.2) is 9.48 Å². The summed E-state index contributed by atoms with van der Waals surface area (Å²) in [5, 5.41) is 16.7. The van der Waals surface area contributed by atoms with Crippen LogP contribution in [0.5, 0.6) is 5.75 Å². The molecule has 0 radical (unpaired) electrons. The van der Waals surface area contributed by atoms with E-state index in [0.29, 0.717) is 16.5 Å². The van der Waals surface area contributed by atoms with Crippen LogP contribution in [0.15, 0.2) is 41.2 Å². The normalized spacial score (nSPS) is 10.7. The number of rotatable bonds is 5. The first kappa shape index (κ1) is 19.4. The average molecular weight is 402 g/mol. The lowest BCUT2D eigenvalue weighted by Crippen LogP contribution is -2.31. The molecule has 3 rings (SSSR count). The molecule has 28 heavy (non-hydrogen) atoms. The minimum atomic E-state index is -1.29. The topological polar surface area (TPSA) is 111 Å². The second-order valence-electron chi connectivity index (χ2n) is 6.01. The van der Waals surface area contributed by atoms with Gasteiger partial charge in [-0.3, -0.25) is 9.59 Å². The highest BCUT2D eigenvalue weighted by molar-refractivity contribution is 6.31. The number of aromatic carboxylic acids is 1. The van der Waals surface area contributed by atoms with E-state index in [1.165, 1.54) is 19.2 Å². The molecule has 2 aromatic carbocycles. The van der Waals surface area contributed by atoms with Crippen LogP contribution in [0, 0.1) is 6.92 Å². The van der Waals surface area contributed by atoms with Gasteiger partial charge in [0.25, 0.3) is 5.56 Å². The molecule has 8 nitrogen and oxygen atoms in total. The van der Waals surface area contributed by atoms with E-state index in [9.17, 15) is 19.5 Å². The Morgan fingerprint density at radius 1 is 1.25 bits per heavy atom. The standard InChI is InChI=1S/C19H16ClN3O5/c1-10-7-14(15(28-2)8-13(10)20)21-16(24)9-23-18(25)12-6-4-3-5-11(12)17(22-23)19(26)27/h3-8H,9H2,1-2H3,(H,21,24)(H,26,27). The molecule has 1 aromatic heterocycles. The number of hydrogen-bond donors (Lipinski definition) is 2. The van der Waals surface area contributed by atoms with Crippen LogP contribution in [-0.2, 0) is 11.3 Å². The highest BCUT2D eigenvalue weighted by atomic mass is 35.5. The van der Waals surface area contributed by atoms with E-state index in [1.807, 2.05) is 0 Å². The van der Waals surface area contributed by atoms with Gasteiger partial charge in [-0.1, -0.05) is 29.8 Å². The third kappa shape index (κ3) is 3.67. The van der Waals surface area contributed by atoms with Crippen LogP contribution in [0.4, 0.5) is 5.69 Å². The Hall–Kier alpha value is -3.39. The number of anilines is 1. The molecule has 0 saturated carbocycles. The van der Waals surface area contributed by atoms with Gasteiger partial charge in [0, 0.05) is 16.5 Å². The number of nitrogens with one attached hydrogen (secondary N) is 1. The summed E-state index contributed by atoms with van der Waals surface area (Å²) in [7, 11) is 1.44. The summed E-state index contributed by atoms with van der Waals surface area (Å²) in [5.74, 6) is -1.50. The number of amides is 1. The average Bonchev–Trinajstić information content (AvgIpc) is 2.66. The van der Waals surface area contributed by atoms with E-state index in [0.717, 1.165) is 10.2 Å². The third-order valence-corrected chi connectivity index (χ3v) is 4.53. The lowest BCUT2D eigenvalue weighted by Gasteiger charge is -2.13. The van der Waals surface area contributed by atoms with Crippen LogP contribution in [0.2, 0.25) is 5.02 Å². The molecule has 0 spiro atoms. The number of carbonyl (C=O) groups excluding carboxylic acids is 1. The number of ether oxygens (including phenoxy) is 1. The number of methoxy groups -OCH3 is 1. The molecular formula is C19H16ClN3O5. The molecule has 0 atom stereocenters. The SMILES string of the molecule is COc1cc(Cl)c(C)cc1NC(=O)Cn1nc(C(=O)O)c2ccccc2c1=O. The molecule has 3 aromatic rings. The fraction of sp³-hybridized carbons (Fsp3) is 0.158. The molecule has 0 bridgehead atoms. The van der Waals surface area contributed by atoms with E-state index in [2.05, 4.69) is 10.4 Å². The zero-order valence-corrected chi connectivity index (χ0v) is 15.8. The second kappa shape index (κ2) is 7.69. The largest absolute Gasteiger partial charge is 0.495 e. The van der Waals surface area contributed by atoms with Crippen molar-refractivity contribution < 1.29 is 19.4 Å². The Morgan fingerprint density at radius 3 is 2.57 bits per heavy atom. The van der Waals surface area contributed by atoms with E-state index < -0.39 is 24.0 Å². The van der Waals surface area contributed by atoms with E-state index in [1.54, 1.807) is 31.2 Å². The molecule has 0 saturated heterocycles. The molecule has 0 fully saturated rings. The number of carboxylic acids is 1. The maximum Gasteiger partial charge on any atom is 0.357 e.